The molecule has 1 aromatic rings. The van der Waals surface area contributed by atoms with E-state index in [2.05, 4.69) is 15.7 Å². The summed E-state index contributed by atoms with van der Waals surface area (Å²) in [7, 11) is 0. The number of halogens is 1. The van der Waals surface area contributed by atoms with Crippen molar-refractivity contribution in [2.24, 2.45) is 0 Å². The van der Waals surface area contributed by atoms with Crippen LogP contribution in [0.2, 0.25) is 0 Å². The van der Waals surface area contributed by atoms with E-state index in [1.54, 1.807) is 22.0 Å². The molecule has 2 saturated heterocycles. The third-order valence-electron chi connectivity index (χ3n) is 4.17. The van der Waals surface area contributed by atoms with Gasteiger partial charge in [0.15, 0.2) is 0 Å². The van der Waals surface area contributed by atoms with Gasteiger partial charge >= 0.3 is 0 Å². The molecule has 0 aliphatic carbocycles. The van der Waals surface area contributed by atoms with E-state index < -0.39 is 0 Å². The van der Waals surface area contributed by atoms with Crippen LogP contribution < -0.4 is 10.6 Å². The monoisotopic (exact) mass is 357 g/mol. The lowest BCUT2D eigenvalue weighted by atomic mass is 10.1. The highest BCUT2D eigenvalue weighted by Gasteiger charge is 2.19. The van der Waals surface area contributed by atoms with E-state index in [0.717, 1.165) is 19.4 Å². The number of hydrogen-bond donors (Lipinski definition) is 2. The highest BCUT2D eigenvalue weighted by Crippen LogP contribution is 2.11. The van der Waals surface area contributed by atoms with Crippen molar-refractivity contribution in [2.45, 2.75) is 31.8 Å². The first-order valence-electron chi connectivity index (χ1n) is 8.12. The van der Waals surface area contributed by atoms with Crippen molar-refractivity contribution in [3.05, 3.63) is 12.4 Å². The lowest BCUT2D eigenvalue weighted by molar-refractivity contribution is -0.136. The van der Waals surface area contributed by atoms with Gasteiger partial charge in [-0.25, -0.2) is 0 Å². The quantitative estimate of drug-likeness (QED) is 0.788. The minimum Gasteiger partial charge on any atom is -0.378 e. The Balaban J connectivity index is 0.00000208. The maximum atomic E-state index is 12.1. The van der Waals surface area contributed by atoms with E-state index in [9.17, 15) is 9.59 Å². The number of ether oxygens (including phenoxy) is 1. The number of nitrogens with one attached hydrogen (secondary N) is 2. The average Bonchev–Trinajstić information content (AvgIpc) is 3.20. The third kappa shape index (κ3) is 5.19. The summed E-state index contributed by atoms with van der Waals surface area (Å²) in [5, 5.41) is 10.3. The second kappa shape index (κ2) is 9.00. The fourth-order valence-electron chi connectivity index (χ4n) is 2.93. The Labute approximate surface area is 147 Å². The zero-order valence-electron chi connectivity index (χ0n) is 13.6. The first kappa shape index (κ1) is 18.7. The molecule has 3 heterocycles. The van der Waals surface area contributed by atoms with Gasteiger partial charge in [-0.2, -0.15) is 5.10 Å². The molecular weight excluding hydrogens is 334 g/mol. The topological polar surface area (TPSA) is 88.5 Å². The van der Waals surface area contributed by atoms with E-state index in [4.69, 9.17) is 4.74 Å². The van der Waals surface area contributed by atoms with Gasteiger partial charge in [0.2, 0.25) is 11.8 Å². The van der Waals surface area contributed by atoms with E-state index in [0.29, 0.717) is 38.4 Å². The van der Waals surface area contributed by atoms with Crippen molar-refractivity contribution in [1.29, 1.82) is 0 Å². The minimum absolute atomic E-state index is 0. The van der Waals surface area contributed by atoms with E-state index in [1.165, 1.54) is 0 Å². The summed E-state index contributed by atoms with van der Waals surface area (Å²) in [5.41, 5.74) is 0.628. The Morgan fingerprint density at radius 1 is 1.38 bits per heavy atom. The van der Waals surface area contributed by atoms with Crippen LogP contribution in [0.3, 0.4) is 0 Å². The number of morpholine rings is 1. The summed E-state index contributed by atoms with van der Waals surface area (Å²) >= 11 is 0. The Hall–Kier alpha value is -1.64. The number of amides is 2. The highest BCUT2D eigenvalue weighted by atomic mass is 35.5. The first-order chi connectivity index (χ1) is 11.2. The molecule has 24 heavy (non-hydrogen) atoms. The highest BCUT2D eigenvalue weighted by molar-refractivity contribution is 5.90. The number of nitrogens with zero attached hydrogens (tertiary/aromatic N) is 3. The smallest absolute Gasteiger partial charge is 0.244 e. The molecule has 2 aliphatic rings. The predicted molar refractivity (Wildman–Crippen MR) is 91.1 cm³/mol. The Kier molecular flexibility index (Phi) is 7.01. The molecule has 2 amide bonds. The maximum absolute atomic E-state index is 12.1. The molecule has 0 bridgehead atoms. The molecule has 2 fully saturated rings. The molecule has 8 nitrogen and oxygen atoms in total. The molecule has 1 atom stereocenters. The second-order valence-corrected chi connectivity index (χ2v) is 5.97. The zero-order valence-corrected chi connectivity index (χ0v) is 14.4. The molecule has 1 unspecified atom stereocenters. The van der Waals surface area contributed by atoms with E-state index >= 15 is 0 Å². The predicted octanol–water partition coefficient (Wildman–Crippen LogP) is 0.244. The Morgan fingerprint density at radius 3 is 2.88 bits per heavy atom. The first-order valence-corrected chi connectivity index (χ1v) is 8.12. The molecule has 0 radical (unpaired) electrons. The molecule has 2 aliphatic heterocycles. The lowest BCUT2D eigenvalue weighted by Gasteiger charge is -2.26. The maximum Gasteiger partial charge on any atom is 0.244 e. The van der Waals surface area contributed by atoms with Gasteiger partial charge in [-0.15, -0.1) is 12.4 Å². The molecule has 134 valence electrons. The van der Waals surface area contributed by atoms with Gasteiger partial charge in [-0.05, 0) is 19.4 Å². The number of rotatable bonds is 5. The fraction of sp³-hybridized carbons (Fsp3) is 0.667. The van der Waals surface area contributed by atoms with Crippen molar-refractivity contribution in [1.82, 2.24) is 20.0 Å². The van der Waals surface area contributed by atoms with Crippen LogP contribution in [-0.4, -0.2) is 65.4 Å². The van der Waals surface area contributed by atoms with Gasteiger partial charge in [-0.3, -0.25) is 14.3 Å². The minimum atomic E-state index is -0.0246. The van der Waals surface area contributed by atoms with Crippen molar-refractivity contribution in [3.63, 3.8) is 0 Å². The lowest BCUT2D eigenvalue weighted by Crippen LogP contribution is -2.42. The van der Waals surface area contributed by atoms with Gasteiger partial charge in [0, 0.05) is 31.7 Å². The van der Waals surface area contributed by atoms with Crippen LogP contribution >= 0.6 is 12.4 Å². The largest absolute Gasteiger partial charge is 0.378 e. The van der Waals surface area contributed by atoms with E-state index in [-0.39, 0.29) is 36.8 Å². The van der Waals surface area contributed by atoms with Gasteiger partial charge in [0.25, 0.3) is 0 Å². The summed E-state index contributed by atoms with van der Waals surface area (Å²) in [4.78, 5) is 25.9. The van der Waals surface area contributed by atoms with Crippen molar-refractivity contribution < 1.29 is 14.3 Å². The molecular formula is C15H24ClN5O3. The SMILES string of the molecule is Cl.O=C(CC1CCCN1)Nc1cnn(CC(=O)N2CCOCC2)c1. The average molecular weight is 358 g/mol. The normalized spacial score (nSPS) is 20.5. The molecule has 3 rings (SSSR count). The Morgan fingerprint density at radius 2 is 2.17 bits per heavy atom. The zero-order chi connectivity index (χ0) is 16.1. The van der Waals surface area contributed by atoms with Gasteiger partial charge in [0.05, 0.1) is 25.1 Å². The van der Waals surface area contributed by atoms with Crippen molar-refractivity contribution in [3.8, 4) is 0 Å². The van der Waals surface area contributed by atoms with Crippen molar-refractivity contribution >= 4 is 29.9 Å². The molecule has 0 spiro atoms. The van der Waals surface area contributed by atoms with Crippen LogP contribution in [-0.2, 0) is 20.9 Å². The fourth-order valence-corrected chi connectivity index (χ4v) is 2.93. The molecule has 0 aromatic carbocycles. The summed E-state index contributed by atoms with van der Waals surface area (Å²) in [5.74, 6) is -0.00659. The molecule has 1 aromatic heterocycles. The number of hydrogen-bond acceptors (Lipinski definition) is 5. The summed E-state index contributed by atoms with van der Waals surface area (Å²) in [6.45, 7) is 3.58. The van der Waals surface area contributed by atoms with Gasteiger partial charge in [0.1, 0.15) is 6.54 Å². The number of carbonyl (C=O) groups excluding carboxylic acids is 2. The number of carbonyl (C=O) groups is 2. The van der Waals surface area contributed by atoms with Crippen LogP contribution in [0, 0.1) is 0 Å². The summed E-state index contributed by atoms with van der Waals surface area (Å²) < 4.78 is 6.79. The van der Waals surface area contributed by atoms with Crippen LogP contribution in [0.4, 0.5) is 5.69 Å². The van der Waals surface area contributed by atoms with Crippen LogP contribution in [0.5, 0.6) is 0 Å². The van der Waals surface area contributed by atoms with Crippen LogP contribution in [0.1, 0.15) is 19.3 Å². The Bertz CT molecular complexity index is 553. The molecule has 2 N–H and O–H groups in total. The summed E-state index contributed by atoms with van der Waals surface area (Å²) in [6, 6.07) is 0.271. The van der Waals surface area contributed by atoms with Crippen molar-refractivity contribution in [2.75, 3.05) is 38.2 Å². The number of anilines is 1. The van der Waals surface area contributed by atoms with Crippen LogP contribution in [0.25, 0.3) is 0 Å². The molecule has 9 heteroatoms. The van der Waals surface area contributed by atoms with Gasteiger partial charge < -0.3 is 20.3 Å². The third-order valence-corrected chi connectivity index (χ3v) is 4.17. The van der Waals surface area contributed by atoms with Crippen LogP contribution in [0.15, 0.2) is 12.4 Å². The second-order valence-electron chi connectivity index (χ2n) is 5.97. The molecule has 0 saturated carbocycles. The standard InChI is InChI=1S/C15H23N5O3.ClH/c21-14(8-12-2-1-3-16-12)18-13-9-17-20(10-13)11-15(22)19-4-6-23-7-5-19;/h9-10,12,16H,1-8,11H2,(H,18,21);1H. The summed E-state index contributed by atoms with van der Waals surface area (Å²) in [6.07, 6.45) is 5.91. The van der Waals surface area contributed by atoms with Gasteiger partial charge in [-0.1, -0.05) is 0 Å². The van der Waals surface area contributed by atoms with E-state index in [1.807, 2.05) is 0 Å². The number of aromatic nitrogens is 2.